The Labute approximate surface area is 109 Å². The molecule has 5 nitrogen and oxygen atoms in total. The number of piperazine rings is 1. The lowest BCUT2D eigenvalue weighted by Gasteiger charge is -2.40. The lowest BCUT2D eigenvalue weighted by Crippen LogP contribution is -2.56. The molecule has 2 saturated heterocycles. The minimum Gasteiger partial charge on any atom is -0.468 e. The summed E-state index contributed by atoms with van der Waals surface area (Å²) in [4.78, 5) is 16.7. The molecule has 0 radical (unpaired) electrons. The number of methoxy groups -OCH3 is 1. The molecule has 0 aliphatic carbocycles. The third kappa shape index (κ3) is 3.22. The Kier molecular flexibility index (Phi) is 4.97. The van der Waals surface area contributed by atoms with E-state index < -0.39 is 0 Å². The van der Waals surface area contributed by atoms with Crippen LogP contribution in [0.3, 0.4) is 0 Å². The summed E-state index contributed by atoms with van der Waals surface area (Å²) in [5.74, 6) is 0.353. The maximum Gasteiger partial charge on any atom is 0.323 e. The molecule has 2 aliphatic heterocycles. The number of esters is 1. The van der Waals surface area contributed by atoms with E-state index in [2.05, 4.69) is 22.2 Å². The van der Waals surface area contributed by atoms with Crippen LogP contribution in [0.25, 0.3) is 0 Å². The summed E-state index contributed by atoms with van der Waals surface area (Å²) < 4.78 is 5.03. The maximum atomic E-state index is 12.1. The fourth-order valence-electron chi connectivity index (χ4n) is 3.18. The Morgan fingerprint density at radius 1 is 1.33 bits per heavy atom. The number of rotatable bonds is 3. The third-order valence-corrected chi connectivity index (χ3v) is 4.10. The van der Waals surface area contributed by atoms with Gasteiger partial charge in [0.15, 0.2) is 0 Å². The van der Waals surface area contributed by atoms with Crippen LogP contribution in [0, 0.1) is 5.92 Å². The highest BCUT2D eigenvalue weighted by Crippen LogP contribution is 2.23. The molecular weight excluding hydrogens is 230 g/mol. The van der Waals surface area contributed by atoms with Crippen LogP contribution in [0.1, 0.15) is 12.8 Å². The van der Waals surface area contributed by atoms with Crippen LogP contribution >= 0.6 is 0 Å². The minimum atomic E-state index is -0.0581. The first-order chi connectivity index (χ1) is 8.72. The molecule has 18 heavy (non-hydrogen) atoms. The fraction of sp³-hybridized carbons (Fsp3) is 0.923. The average molecular weight is 255 g/mol. The zero-order valence-corrected chi connectivity index (χ0v) is 11.5. The number of likely N-dealkylation sites (tertiary alicyclic amines) is 1. The molecule has 2 rings (SSSR count). The standard InChI is InChI=1S/C13H25N3O2/c1-15-7-3-4-11(10-15)12(13(17)18-2)16-8-5-14-6-9-16/h11-12,14H,3-10H2,1-2H3. The second kappa shape index (κ2) is 6.50. The highest BCUT2D eigenvalue weighted by atomic mass is 16.5. The van der Waals surface area contributed by atoms with E-state index in [-0.39, 0.29) is 12.0 Å². The Bertz CT molecular complexity index is 279. The van der Waals surface area contributed by atoms with Gasteiger partial charge in [0.25, 0.3) is 0 Å². The van der Waals surface area contributed by atoms with Crippen molar-refractivity contribution in [3.63, 3.8) is 0 Å². The number of nitrogens with one attached hydrogen (secondary N) is 1. The lowest BCUT2D eigenvalue weighted by atomic mass is 9.89. The molecule has 104 valence electrons. The third-order valence-electron chi connectivity index (χ3n) is 4.10. The average Bonchev–Trinajstić information content (AvgIpc) is 2.40. The Balaban J connectivity index is 2.05. The summed E-state index contributed by atoms with van der Waals surface area (Å²) in [7, 11) is 3.64. The predicted molar refractivity (Wildman–Crippen MR) is 70.5 cm³/mol. The molecule has 2 unspecified atom stereocenters. The molecule has 0 amide bonds. The molecule has 1 N–H and O–H groups in total. The minimum absolute atomic E-state index is 0.0557. The molecule has 2 atom stereocenters. The van der Waals surface area contributed by atoms with E-state index in [1.807, 2.05) is 0 Å². The molecule has 0 spiro atoms. The summed E-state index contributed by atoms with van der Waals surface area (Å²) in [5.41, 5.74) is 0. The molecule has 0 aromatic carbocycles. The highest BCUT2D eigenvalue weighted by molar-refractivity contribution is 5.76. The molecule has 5 heteroatoms. The van der Waals surface area contributed by atoms with Gasteiger partial charge in [-0.2, -0.15) is 0 Å². The van der Waals surface area contributed by atoms with Gasteiger partial charge in [-0.3, -0.25) is 9.69 Å². The van der Waals surface area contributed by atoms with E-state index in [1.54, 1.807) is 0 Å². The van der Waals surface area contributed by atoms with Crippen molar-refractivity contribution < 1.29 is 9.53 Å². The summed E-state index contributed by atoms with van der Waals surface area (Å²) in [6.07, 6.45) is 2.31. The van der Waals surface area contributed by atoms with E-state index in [1.165, 1.54) is 13.5 Å². The van der Waals surface area contributed by atoms with Crippen LogP contribution in [-0.2, 0) is 9.53 Å². The van der Waals surface area contributed by atoms with Gasteiger partial charge in [-0.1, -0.05) is 0 Å². The largest absolute Gasteiger partial charge is 0.468 e. The van der Waals surface area contributed by atoms with Crippen molar-refractivity contribution in [3.8, 4) is 0 Å². The van der Waals surface area contributed by atoms with Gasteiger partial charge in [0.1, 0.15) is 6.04 Å². The Morgan fingerprint density at radius 3 is 2.67 bits per heavy atom. The molecule has 0 aromatic heterocycles. The van der Waals surface area contributed by atoms with E-state index >= 15 is 0 Å². The van der Waals surface area contributed by atoms with Gasteiger partial charge in [-0.25, -0.2) is 0 Å². The number of nitrogens with zero attached hydrogens (tertiary/aromatic N) is 2. The Hall–Kier alpha value is -0.650. The van der Waals surface area contributed by atoms with E-state index in [9.17, 15) is 4.79 Å². The lowest BCUT2D eigenvalue weighted by molar-refractivity contribution is -0.150. The summed E-state index contributed by atoms with van der Waals surface area (Å²) >= 11 is 0. The van der Waals surface area contributed by atoms with Crippen LogP contribution in [0.15, 0.2) is 0 Å². The molecule has 0 aromatic rings. The van der Waals surface area contributed by atoms with Crippen LogP contribution < -0.4 is 5.32 Å². The van der Waals surface area contributed by atoms with Crippen molar-refractivity contribution in [1.29, 1.82) is 0 Å². The summed E-state index contributed by atoms with van der Waals surface area (Å²) in [6.45, 7) is 5.97. The highest BCUT2D eigenvalue weighted by Gasteiger charge is 2.36. The first kappa shape index (κ1) is 13.8. The van der Waals surface area contributed by atoms with Crippen LogP contribution in [0.4, 0.5) is 0 Å². The summed E-state index contributed by atoms with van der Waals surface area (Å²) in [5, 5.41) is 3.33. The molecular formula is C13H25N3O2. The number of carbonyl (C=O) groups is 1. The zero-order chi connectivity index (χ0) is 13.0. The normalized spacial score (nSPS) is 28.9. The van der Waals surface area contributed by atoms with Crippen molar-refractivity contribution in [2.75, 3.05) is 53.4 Å². The van der Waals surface area contributed by atoms with Gasteiger partial charge in [-0.15, -0.1) is 0 Å². The van der Waals surface area contributed by atoms with Gasteiger partial charge in [0, 0.05) is 32.7 Å². The van der Waals surface area contributed by atoms with E-state index in [0.29, 0.717) is 5.92 Å². The Morgan fingerprint density at radius 2 is 2.06 bits per heavy atom. The SMILES string of the molecule is COC(=O)C(C1CCCN(C)C1)N1CCNCC1. The second-order valence-corrected chi connectivity index (χ2v) is 5.42. The fourth-order valence-corrected chi connectivity index (χ4v) is 3.18. The van der Waals surface area contributed by atoms with Crippen LogP contribution in [0.5, 0.6) is 0 Å². The smallest absolute Gasteiger partial charge is 0.323 e. The van der Waals surface area contributed by atoms with E-state index in [4.69, 9.17) is 4.74 Å². The number of piperidine rings is 1. The van der Waals surface area contributed by atoms with Crippen molar-refractivity contribution in [2.45, 2.75) is 18.9 Å². The van der Waals surface area contributed by atoms with Gasteiger partial charge in [0.2, 0.25) is 0 Å². The molecule has 0 saturated carbocycles. The van der Waals surface area contributed by atoms with Crippen molar-refractivity contribution in [3.05, 3.63) is 0 Å². The monoisotopic (exact) mass is 255 g/mol. The zero-order valence-electron chi connectivity index (χ0n) is 11.5. The number of hydrogen-bond donors (Lipinski definition) is 1. The number of ether oxygens (including phenoxy) is 1. The van der Waals surface area contributed by atoms with Gasteiger partial charge in [-0.05, 0) is 32.4 Å². The molecule has 2 heterocycles. The maximum absolute atomic E-state index is 12.1. The molecule has 0 bridgehead atoms. The van der Waals surface area contributed by atoms with Gasteiger partial charge >= 0.3 is 5.97 Å². The number of carbonyl (C=O) groups excluding carboxylic acids is 1. The molecule has 2 fully saturated rings. The quantitative estimate of drug-likeness (QED) is 0.706. The second-order valence-electron chi connectivity index (χ2n) is 5.42. The van der Waals surface area contributed by atoms with Gasteiger partial charge in [0.05, 0.1) is 7.11 Å². The molecule has 2 aliphatic rings. The van der Waals surface area contributed by atoms with Crippen molar-refractivity contribution >= 4 is 5.97 Å². The van der Waals surface area contributed by atoms with Crippen LogP contribution in [0.2, 0.25) is 0 Å². The van der Waals surface area contributed by atoms with Crippen molar-refractivity contribution in [2.24, 2.45) is 5.92 Å². The first-order valence-corrected chi connectivity index (χ1v) is 6.93. The number of hydrogen-bond acceptors (Lipinski definition) is 5. The van der Waals surface area contributed by atoms with Crippen molar-refractivity contribution in [1.82, 2.24) is 15.1 Å². The summed E-state index contributed by atoms with van der Waals surface area (Å²) in [6, 6.07) is -0.0557. The first-order valence-electron chi connectivity index (χ1n) is 6.93. The van der Waals surface area contributed by atoms with Gasteiger partial charge < -0.3 is 15.0 Å². The predicted octanol–water partition coefficient (Wildman–Crippen LogP) is -0.225. The van der Waals surface area contributed by atoms with Crippen LogP contribution in [-0.4, -0.2) is 75.2 Å². The topological polar surface area (TPSA) is 44.8 Å². The van der Waals surface area contributed by atoms with E-state index in [0.717, 1.165) is 45.7 Å².